The molecule has 4 heteroatoms. The van der Waals surface area contributed by atoms with Gasteiger partial charge in [0.25, 0.3) is 5.91 Å². The highest BCUT2D eigenvalue weighted by Gasteiger charge is 2.26. The average molecular weight is 405 g/mol. The van der Waals surface area contributed by atoms with Crippen molar-refractivity contribution in [3.8, 4) is 0 Å². The monoisotopic (exact) mass is 404 g/mol. The zero-order chi connectivity index (χ0) is 20.3. The fourth-order valence-electron chi connectivity index (χ4n) is 4.97. The summed E-state index contributed by atoms with van der Waals surface area (Å²) in [5.74, 6) is 0.117. The lowest BCUT2D eigenvalue weighted by Crippen LogP contribution is -2.41. The van der Waals surface area contributed by atoms with Crippen molar-refractivity contribution in [2.24, 2.45) is 0 Å². The number of carbonyl (C=O) groups is 1. The number of amides is 1. The Morgan fingerprint density at radius 1 is 0.867 bits per heavy atom. The predicted octanol–water partition coefficient (Wildman–Crippen LogP) is 3.70. The molecule has 2 heterocycles. The maximum atomic E-state index is 12.6. The second-order valence-corrected chi connectivity index (χ2v) is 9.00. The van der Waals surface area contributed by atoms with E-state index >= 15 is 0 Å². The van der Waals surface area contributed by atoms with Gasteiger partial charge in [0.15, 0.2) is 0 Å². The smallest absolute Gasteiger partial charge is 0.254 e. The summed E-state index contributed by atoms with van der Waals surface area (Å²) in [5.41, 5.74) is 6.48. The summed E-state index contributed by atoms with van der Waals surface area (Å²) in [6.45, 7) is 5.08. The standard InChI is InChI=1S/C26H32N2O2/c29-26(28-14-16-30-17-15-28)23-8-4-20(5-9-23)18-21-6-7-22-10-12-27(25-2-1-3-25)13-11-24(22)19-21/h4-9,19,25H,1-3,10-18H2. The molecule has 1 saturated heterocycles. The van der Waals surface area contributed by atoms with Crippen molar-refractivity contribution in [2.75, 3.05) is 39.4 Å². The second kappa shape index (κ2) is 8.91. The molecule has 0 N–H and O–H groups in total. The number of benzene rings is 2. The first kappa shape index (κ1) is 19.8. The minimum absolute atomic E-state index is 0.117. The first-order valence-electron chi connectivity index (χ1n) is 11.6. The van der Waals surface area contributed by atoms with E-state index in [2.05, 4.69) is 35.2 Å². The summed E-state index contributed by atoms with van der Waals surface area (Å²) in [7, 11) is 0. The van der Waals surface area contributed by atoms with Crippen molar-refractivity contribution in [1.29, 1.82) is 0 Å². The summed E-state index contributed by atoms with van der Waals surface area (Å²) in [4.78, 5) is 17.2. The van der Waals surface area contributed by atoms with E-state index in [4.69, 9.17) is 4.74 Å². The fourth-order valence-corrected chi connectivity index (χ4v) is 4.97. The van der Waals surface area contributed by atoms with Gasteiger partial charge in [-0.1, -0.05) is 36.8 Å². The third kappa shape index (κ3) is 4.30. The normalized spacial score (nSPS) is 20.3. The van der Waals surface area contributed by atoms with Crippen LogP contribution in [-0.4, -0.2) is 61.1 Å². The van der Waals surface area contributed by atoms with Crippen molar-refractivity contribution < 1.29 is 9.53 Å². The van der Waals surface area contributed by atoms with E-state index in [-0.39, 0.29) is 5.91 Å². The van der Waals surface area contributed by atoms with Crippen molar-refractivity contribution in [1.82, 2.24) is 9.80 Å². The van der Waals surface area contributed by atoms with Gasteiger partial charge >= 0.3 is 0 Å². The first-order chi connectivity index (χ1) is 14.8. The minimum atomic E-state index is 0.117. The molecule has 2 aromatic rings. The van der Waals surface area contributed by atoms with Gasteiger partial charge < -0.3 is 9.64 Å². The van der Waals surface area contributed by atoms with Gasteiger partial charge in [0.2, 0.25) is 0 Å². The van der Waals surface area contributed by atoms with Crippen LogP contribution in [0.3, 0.4) is 0 Å². The van der Waals surface area contributed by atoms with Crippen LogP contribution < -0.4 is 0 Å². The predicted molar refractivity (Wildman–Crippen MR) is 119 cm³/mol. The van der Waals surface area contributed by atoms with Crippen LogP contribution in [0.2, 0.25) is 0 Å². The Kier molecular flexibility index (Phi) is 5.87. The lowest BCUT2D eigenvalue weighted by atomic mass is 9.91. The number of carbonyl (C=O) groups excluding carboxylic acids is 1. The van der Waals surface area contributed by atoms with Crippen LogP contribution in [0.1, 0.15) is 51.9 Å². The lowest BCUT2D eigenvalue weighted by Gasteiger charge is -2.36. The molecule has 2 aliphatic heterocycles. The Bertz CT molecular complexity index is 882. The molecule has 0 unspecified atom stereocenters. The van der Waals surface area contributed by atoms with E-state index in [0.29, 0.717) is 26.3 Å². The molecule has 1 aliphatic carbocycles. The maximum absolute atomic E-state index is 12.6. The topological polar surface area (TPSA) is 32.8 Å². The van der Waals surface area contributed by atoms with Gasteiger partial charge in [-0.05, 0) is 66.5 Å². The number of nitrogens with zero attached hydrogens (tertiary/aromatic N) is 2. The third-order valence-electron chi connectivity index (χ3n) is 7.11. The van der Waals surface area contributed by atoms with Crippen molar-refractivity contribution in [3.63, 3.8) is 0 Å². The van der Waals surface area contributed by atoms with Gasteiger partial charge in [0.05, 0.1) is 13.2 Å². The Morgan fingerprint density at radius 3 is 2.27 bits per heavy atom. The second-order valence-electron chi connectivity index (χ2n) is 9.00. The summed E-state index contributed by atoms with van der Waals surface area (Å²) in [5, 5.41) is 0. The van der Waals surface area contributed by atoms with E-state index in [1.54, 1.807) is 0 Å². The summed E-state index contributed by atoms with van der Waals surface area (Å²) in [6, 6.07) is 16.1. The molecular weight excluding hydrogens is 372 g/mol. The molecule has 3 aliphatic rings. The molecule has 1 saturated carbocycles. The number of hydrogen-bond acceptors (Lipinski definition) is 3. The highest BCUT2D eigenvalue weighted by Crippen LogP contribution is 2.28. The highest BCUT2D eigenvalue weighted by atomic mass is 16.5. The molecular formula is C26H32N2O2. The van der Waals surface area contributed by atoms with Gasteiger partial charge in [-0.3, -0.25) is 9.69 Å². The van der Waals surface area contributed by atoms with Gasteiger partial charge in [0, 0.05) is 37.8 Å². The number of fused-ring (bicyclic) bond motifs is 1. The third-order valence-corrected chi connectivity index (χ3v) is 7.11. The molecule has 0 aromatic heterocycles. The molecule has 4 nitrogen and oxygen atoms in total. The average Bonchev–Trinajstić information content (AvgIpc) is 2.96. The van der Waals surface area contributed by atoms with Crippen LogP contribution >= 0.6 is 0 Å². The van der Waals surface area contributed by atoms with Crippen LogP contribution in [0, 0.1) is 0 Å². The molecule has 1 amide bonds. The van der Waals surface area contributed by atoms with Gasteiger partial charge in [-0.2, -0.15) is 0 Å². The van der Waals surface area contributed by atoms with E-state index in [1.807, 2.05) is 17.0 Å². The molecule has 0 radical (unpaired) electrons. The van der Waals surface area contributed by atoms with E-state index < -0.39 is 0 Å². The Balaban J connectivity index is 1.23. The maximum Gasteiger partial charge on any atom is 0.254 e. The largest absolute Gasteiger partial charge is 0.378 e. The number of morpholine rings is 1. The number of rotatable bonds is 4. The SMILES string of the molecule is O=C(c1ccc(Cc2ccc3c(c2)CCN(C2CCC2)CC3)cc1)N1CCOCC1. The van der Waals surface area contributed by atoms with Crippen LogP contribution in [0.15, 0.2) is 42.5 Å². The zero-order valence-corrected chi connectivity index (χ0v) is 17.8. The minimum Gasteiger partial charge on any atom is -0.378 e. The van der Waals surface area contributed by atoms with Crippen LogP contribution in [0.5, 0.6) is 0 Å². The number of hydrogen-bond donors (Lipinski definition) is 0. The van der Waals surface area contributed by atoms with E-state index in [0.717, 1.165) is 18.0 Å². The molecule has 0 spiro atoms. The molecule has 5 rings (SSSR count). The highest BCUT2D eigenvalue weighted by molar-refractivity contribution is 5.94. The van der Waals surface area contributed by atoms with Gasteiger partial charge in [-0.15, -0.1) is 0 Å². The van der Waals surface area contributed by atoms with Crippen molar-refractivity contribution in [3.05, 3.63) is 70.3 Å². The molecule has 0 atom stereocenters. The van der Waals surface area contributed by atoms with E-state index in [1.165, 1.54) is 67.4 Å². The molecule has 30 heavy (non-hydrogen) atoms. The first-order valence-corrected chi connectivity index (χ1v) is 11.6. The Hall–Kier alpha value is -2.17. The lowest BCUT2D eigenvalue weighted by molar-refractivity contribution is 0.0303. The van der Waals surface area contributed by atoms with E-state index in [9.17, 15) is 4.79 Å². The quantitative estimate of drug-likeness (QED) is 0.779. The zero-order valence-electron chi connectivity index (χ0n) is 17.8. The van der Waals surface area contributed by atoms with Crippen LogP contribution in [-0.2, 0) is 24.0 Å². The summed E-state index contributed by atoms with van der Waals surface area (Å²) >= 11 is 0. The van der Waals surface area contributed by atoms with Crippen molar-refractivity contribution >= 4 is 5.91 Å². The Morgan fingerprint density at radius 2 is 1.57 bits per heavy atom. The fraction of sp³-hybridized carbons (Fsp3) is 0.500. The summed E-state index contributed by atoms with van der Waals surface area (Å²) < 4.78 is 5.35. The van der Waals surface area contributed by atoms with Crippen LogP contribution in [0.4, 0.5) is 0 Å². The molecule has 2 aromatic carbocycles. The summed E-state index contributed by atoms with van der Waals surface area (Å²) in [6.07, 6.45) is 7.48. The molecule has 158 valence electrons. The van der Waals surface area contributed by atoms with Gasteiger partial charge in [-0.25, -0.2) is 0 Å². The molecule has 0 bridgehead atoms. The van der Waals surface area contributed by atoms with Crippen molar-refractivity contribution in [2.45, 2.75) is 44.6 Å². The van der Waals surface area contributed by atoms with Crippen LogP contribution in [0.25, 0.3) is 0 Å². The van der Waals surface area contributed by atoms with Gasteiger partial charge in [0.1, 0.15) is 0 Å². The molecule has 2 fully saturated rings. The Labute approximate surface area is 179 Å². The number of ether oxygens (including phenoxy) is 1.